The van der Waals surface area contributed by atoms with Gasteiger partial charge < -0.3 is 10.1 Å². The van der Waals surface area contributed by atoms with Gasteiger partial charge in [0.05, 0.1) is 6.61 Å². The van der Waals surface area contributed by atoms with Crippen LogP contribution in [0.2, 0.25) is 5.15 Å². The van der Waals surface area contributed by atoms with E-state index < -0.39 is 0 Å². The molecule has 0 fully saturated rings. The van der Waals surface area contributed by atoms with Gasteiger partial charge in [0.2, 0.25) is 11.8 Å². The molecule has 1 N–H and O–H groups in total. The molecule has 144 valence electrons. The van der Waals surface area contributed by atoms with Gasteiger partial charge in [-0.3, -0.25) is 4.79 Å². The number of amides is 1. The lowest BCUT2D eigenvalue weighted by molar-refractivity contribution is -0.116. The maximum Gasteiger partial charge on any atom is 0.243 e. The minimum atomic E-state index is -0.0291. The number of pyridine rings is 1. The Kier molecular flexibility index (Phi) is 12.3. The third kappa shape index (κ3) is 12.5. The van der Waals surface area contributed by atoms with Gasteiger partial charge in [0, 0.05) is 18.7 Å². The van der Waals surface area contributed by atoms with E-state index in [9.17, 15) is 4.79 Å². The van der Waals surface area contributed by atoms with E-state index in [-0.39, 0.29) is 5.91 Å². The smallest absolute Gasteiger partial charge is 0.243 e. The van der Waals surface area contributed by atoms with E-state index in [4.69, 9.17) is 16.3 Å². The van der Waals surface area contributed by atoms with Crippen molar-refractivity contribution >= 4 is 17.5 Å². The fourth-order valence-electron chi connectivity index (χ4n) is 2.22. The van der Waals surface area contributed by atoms with Crippen molar-refractivity contribution in [3.8, 4) is 5.88 Å². The molecule has 0 saturated carbocycles. The molecule has 5 heteroatoms. The lowest BCUT2D eigenvalue weighted by Gasteiger charge is -2.05. The summed E-state index contributed by atoms with van der Waals surface area (Å²) in [5, 5.41) is 3.31. The summed E-state index contributed by atoms with van der Waals surface area (Å²) in [6.07, 6.45) is 14.2. The molecular formula is C21H31ClN2O2. The molecule has 0 radical (unpaired) electrons. The molecule has 1 rings (SSSR count). The Morgan fingerprint density at radius 3 is 2.73 bits per heavy atom. The number of unbranched alkanes of at least 4 members (excludes halogenated alkanes) is 5. The zero-order valence-electron chi connectivity index (χ0n) is 15.9. The summed E-state index contributed by atoms with van der Waals surface area (Å²) in [6.45, 7) is 5.55. The first-order valence-corrected chi connectivity index (χ1v) is 9.82. The Hall–Kier alpha value is -1.81. The summed E-state index contributed by atoms with van der Waals surface area (Å²) in [5.41, 5.74) is 0. The van der Waals surface area contributed by atoms with Gasteiger partial charge in [0.15, 0.2) is 0 Å². The number of carbonyl (C=O) groups excluding carboxylic acids is 1. The van der Waals surface area contributed by atoms with Crippen LogP contribution in [0.5, 0.6) is 5.88 Å². The van der Waals surface area contributed by atoms with Gasteiger partial charge in [0.25, 0.3) is 0 Å². The topological polar surface area (TPSA) is 51.2 Å². The van der Waals surface area contributed by atoms with Crippen molar-refractivity contribution in [1.29, 1.82) is 0 Å². The van der Waals surface area contributed by atoms with Gasteiger partial charge in [0.1, 0.15) is 5.15 Å². The largest absolute Gasteiger partial charge is 0.478 e. The number of carbonyl (C=O) groups is 1. The Morgan fingerprint density at radius 1 is 1.19 bits per heavy atom. The first kappa shape index (κ1) is 22.2. The summed E-state index contributed by atoms with van der Waals surface area (Å²) in [4.78, 5) is 15.6. The lowest BCUT2D eigenvalue weighted by atomic mass is 10.1. The van der Waals surface area contributed by atoms with Gasteiger partial charge in [-0.05, 0) is 31.2 Å². The third-order valence-electron chi connectivity index (χ3n) is 3.63. The van der Waals surface area contributed by atoms with Gasteiger partial charge in [-0.15, -0.1) is 0 Å². The number of hydrogen-bond donors (Lipinski definition) is 1. The monoisotopic (exact) mass is 378 g/mol. The van der Waals surface area contributed by atoms with Crippen LogP contribution in [0.25, 0.3) is 0 Å². The molecule has 0 atom stereocenters. The fraction of sp³-hybridized carbons (Fsp3) is 0.524. The Balaban J connectivity index is 1.93. The summed E-state index contributed by atoms with van der Waals surface area (Å²) < 4.78 is 5.56. The number of hydrogen-bond acceptors (Lipinski definition) is 3. The van der Waals surface area contributed by atoms with Crippen molar-refractivity contribution in [2.45, 2.75) is 52.4 Å². The molecule has 0 unspecified atom stereocenters. The minimum Gasteiger partial charge on any atom is -0.478 e. The zero-order valence-corrected chi connectivity index (χ0v) is 16.7. The molecule has 0 aromatic carbocycles. The SMILES string of the molecule is CC(C)CNC(=O)C=CC=CCCCCCCCOc1cccc(Cl)n1. The van der Waals surface area contributed by atoms with Crippen LogP contribution >= 0.6 is 11.6 Å². The second-order valence-corrected chi connectivity index (χ2v) is 7.02. The summed E-state index contributed by atoms with van der Waals surface area (Å²) >= 11 is 5.81. The molecule has 0 spiro atoms. The van der Waals surface area contributed by atoms with Crippen LogP contribution in [0.4, 0.5) is 0 Å². The van der Waals surface area contributed by atoms with Crippen LogP contribution in [-0.4, -0.2) is 24.0 Å². The minimum absolute atomic E-state index is 0.0291. The van der Waals surface area contributed by atoms with Crippen molar-refractivity contribution in [3.05, 3.63) is 47.7 Å². The van der Waals surface area contributed by atoms with Crippen LogP contribution in [0.3, 0.4) is 0 Å². The molecule has 0 saturated heterocycles. The van der Waals surface area contributed by atoms with Crippen LogP contribution < -0.4 is 10.1 Å². The number of nitrogens with one attached hydrogen (secondary N) is 1. The first-order valence-electron chi connectivity index (χ1n) is 9.44. The highest BCUT2D eigenvalue weighted by Crippen LogP contribution is 2.12. The van der Waals surface area contributed by atoms with Crippen LogP contribution in [0, 0.1) is 5.92 Å². The lowest BCUT2D eigenvalue weighted by Crippen LogP contribution is -2.25. The zero-order chi connectivity index (χ0) is 19.0. The highest BCUT2D eigenvalue weighted by atomic mass is 35.5. The average Bonchev–Trinajstić information content (AvgIpc) is 2.61. The molecule has 1 amide bonds. The molecular weight excluding hydrogens is 348 g/mol. The van der Waals surface area contributed by atoms with Crippen molar-refractivity contribution in [1.82, 2.24) is 10.3 Å². The van der Waals surface area contributed by atoms with Crippen molar-refractivity contribution in [3.63, 3.8) is 0 Å². The van der Waals surface area contributed by atoms with E-state index in [0.717, 1.165) is 19.3 Å². The maximum atomic E-state index is 11.5. The predicted molar refractivity (Wildman–Crippen MR) is 109 cm³/mol. The molecule has 0 aliphatic carbocycles. The van der Waals surface area contributed by atoms with Crippen LogP contribution in [0.15, 0.2) is 42.5 Å². The maximum absolute atomic E-state index is 11.5. The van der Waals surface area contributed by atoms with Crippen LogP contribution in [-0.2, 0) is 4.79 Å². The number of aromatic nitrogens is 1. The van der Waals surface area contributed by atoms with Gasteiger partial charge in [-0.25, -0.2) is 4.98 Å². The highest BCUT2D eigenvalue weighted by molar-refractivity contribution is 6.29. The summed E-state index contributed by atoms with van der Waals surface area (Å²) in [6, 6.07) is 5.40. The average molecular weight is 379 g/mol. The van der Waals surface area contributed by atoms with Crippen molar-refractivity contribution < 1.29 is 9.53 Å². The van der Waals surface area contributed by atoms with E-state index in [1.807, 2.05) is 18.2 Å². The predicted octanol–water partition coefficient (Wildman–Crippen LogP) is 5.34. The third-order valence-corrected chi connectivity index (χ3v) is 3.84. The van der Waals surface area contributed by atoms with Gasteiger partial charge >= 0.3 is 0 Å². The first-order chi connectivity index (χ1) is 12.6. The second kappa shape index (κ2) is 14.4. The summed E-state index contributed by atoms with van der Waals surface area (Å²) in [5.74, 6) is 1.04. The van der Waals surface area contributed by atoms with E-state index in [2.05, 4.69) is 30.2 Å². The molecule has 1 aromatic heterocycles. The second-order valence-electron chi connectivity index (χ2n) is 6.63. The Labute approximate surface area is 162 Å². The van der Waals surface area contributed by atoms with Crippen LogP contribution in [0.1, 0.15) is 52.4 Å². The molecule has 26 heavy (non-hydrogen) atoms. The van der Waals surface area contributed by atoms with E-state index in [0.29, 0.717) is 30.1 Å². The molecule has 4 nitrogen and oxygen atoms in total. The van der Waals surface area contributed by atoms with E-state index in [1.54, 1.807) is 18.2 Å². The molecule has 0 aliphatic heterocycles. The molecule has 1 aromatic rings. The molecule has 0 bridgehead atoms. The quantitative estimate of drug-likeness (QED) is 0.218. The van der Waals surface area contributed by atoms with E-state index >= 15 is 0 Å². The number of allylic oxidation sites excluding steroid dienone is 3. The number of rotatable bonds is 13. The highest BCUT2D eigenvalue weighted by Gasteiger charge is 1.97. The molecule has 1 heterocycles. The Bertz CT molecular complexity index is 571. The standard InChI is InChI=1S/C21H31ClN2O2/c1-18(2)17-23-20(25)14-10-8-6-4-3-5-7-9-11-16-26-21-15-12-13-19(22)24-21/h6,8,10,12-15,18H,3-5,7,9,11,16-17H2,1-2H3,(H,23,25). The summed E-state index contributed by atoms with van der Waals surface area (Å²) in [7, 11) is 0. The number of nitrogens with zero attached hydrogens (tertiary/aromatic N) is 1. The van der Waals surface area contributed by atoms with Crippen molar-refractivity contribution in [2.24, 2.45) is 5.92 Å². The molecule has 0 aliphatic rings. The van der Waals surface area contributed by atoms with Gasteiger partial charge in [-0.2, -0.15) is 0 Å². The fourth-order valence-corrected chi connectivity index (χ4v) is 2.38. The number of ether oxygens (including phenoxy) is 1. The Morgan fingerprint density at radius 2 is 1.96 bits per heavy atom. The van der Waals surface area contributed by atoms with E-state index in [1.165, 1.54) is 19.3 Å². The van der Waals surface area contributed by atoms with Gasteiger partial charge in [-0.1, -0.05) is 69.0 Å². The van der Waals surface area contributed by atoms with Crippen molar-refractivity contribution in [2.75, 3.05) is 13.2 Å². The normalized spacial score (nSPS) is 11.5. The number of halogens is 1.